The average molecular weight is 381 g/mol. The number of anilines is 1. The first kappa shape index (κ1) is 17.2. The number of hydrogen-bond acceptors (Lipinski definition) is 3. The lowest BCUT2D eigenvalue weighted by atomic mass is 10.2. The van der Waals surface area contributed by atoms with E-state index in [1.807, 2.05) is 0 Å². The number of halogens is 3. The highest BCUT2D eigenvalue weighted by atomic mass is 35.5. The van der Waals surface area contributed by atoms with Gasteiger partial charge in [-0.15, -0.1) is 0 Å². The molecule has 0 aliphatic carbocycles. The van der Waals surface area contributed by atoms with Crippen LogP contribution in [0.5, 0.6) is 5.75 Å². The smallest absolute Gasteiger partial charge is 0.263 e. The summed E-state index contributed by atoms with van der Waals surface area (Å²) in [7, 11) is -2.50. The minimum absolute atomic E-state index is 0.0369. The molecule has 0 aliphatic rings. The molecule has 2 aromatic carbocycles. The van der Waals surface area contributed by atoms with Crippen LogP contribution in [0.25, 0.3) is 0 Å². The summed E-state index contributed by atoms with van der Waals surface area (Å²) in [5.41, 5.74) is 1.10. The van der Waals surface area contributed by atoms with Crippen molar-refractivity contribution in [1.29, 1.82) is 0 Å². The lowest BCUT2D eigenvalue weighted by Gasteiger charge is -2.13. The van der Waals surface area contributed by atoms with E-state index in [0.29, 0.717) is 16.5 Å². The maximum Gasteiger partial charge on any atom is 0.263 e. The van der Waals surface area contributed by atoms with Gasteiger partial charge in [0.2, 0.25) is 0 Å². The van der Waals surface area contributed by atoms with E-state index < -0.39 is 10.0 Å². The normalized spacial score (nSPS) is 11.3. The number of aryl methyl sites for hydroxylation is 1. The van der Waals surface area contributed by atoms with E-state index in [1.54, 1.807) is 19.1 Å². The molecule has 0 spiro atoms. The van der Waals surface area contributed by atoms with Gasteiger partial charge in [0.25, 0.3) is 10.0 Å². The fourth-order valence-electron chi connectivity index (χ4n) is 1.78. The second-order valence-electron chi connectivity index (χ2n) is 4.46. The Morgan fingerprint density at radius 3 is 2.36 bits per heavy atom. The van der Waals surface area contributed by atoms with Crippen molar-refractivity contribution in [3.8, 4) is 5.75 Å². The fourth-order valence-corrected chi connectivity index (χ4v) is 3.92. The third kappa shape index (κ3) is 3.43. The van der Waals surface area contributed by atoms with E-state index in [2.05, 4.69) is 4.72 Å². The number of benzene rings is 2. The minimum Gasteiger partial charge on any atom is -0.495 e. The van der Waals surface area contributed by atoms with Crippen LogP contribution in [0.4, 0.5) is 5.69 Å². The molecular weight excluding hydrogens is 369 g/mol. The van der Waals surface area contributed by atoms with Crippen LogP contribution in [0, 0.1) is 6.92 Å². The molecule has 22 heavy (non-hydrogen) atoms. The summed E-state index contributed by atoms with van der Waals surface area (Å²) in [6.07, 6.45) is 0. The molecule has 0 bridgehead atoms. The molecule has 2 rings (SSSR count). The molecule has 0 saturated carbocycles. The molecule has 0 unspecified atom stereocenters. The van der Waals surface area contributed by atoms with Crippen LogP contribution in [0.2, 0.25) is 15.1 Å². The zero-order chi connectivity index (χ0) is 16.5. The van der Waals surface area contributed by atoms with E-state index >= 15 is 0 Å². The van der Waals surface area contributed by atoms with Crippen molar-refractivity contribution in [3.63, 3.8) is 0 Å². The van der Waals surface area contributed by atoms with Crippen molar-refractivity contribution >= 4 is 50.5 Å². The first-order valence-corrected chi connectivity index (χ1v) is 8.69. The van der Waals surface area contributed by atoms with E-state index in [-0.39, 0.29) is 14.9 Å². The zero-order valence-corrected chi connectivity index (χ0v) is 14.7. The molecule has 0 radical (unpaired) electrons. The van der Waals surface area contributed by atoms with Gasteiger partial charge in [-0.25, -0.2) is 8.42 Å². The maximum absolute atomic E-state index is 12.5. The van der Waals surface area contributed by atoms with Crippen LogP contribution < -0.4 is 9.46 Å². The molecule has 0 heterocycles. The molecule has 0 aliphatic heterocycles. The number of hydrogen-bond donors (Lipinski definition) is 1. The van der Waals surface area contributed by atoms with Gasteiger partial charge in [-0.3, -0.25) is 4.72 Å². The first-order valence-electron chi connectivity index (χ1n) is 6.07. The quantitative estimate of drug-likeness (QED) is 0.831. The largest absolute Gasteiger partial charge is 0.495 e. The van der Waals surface area contributed by atoms with Gasteiger partial charge in [0.05, 0.1) is 17.8 Å². The van der Waals surface area contributed by atoms with Crippen molar-refractivity contribution in [2.45, 2.75) is 11.8 Å². The van der Waals surface area contributed by atoms with Crippen molar-refractivity contribution in [1.82, 2.24) is 0 Å². The van der Waals surface area contributed by atoms with Gasteiger partial charge in [-0.05, 0) is 36.8 Å². The summed E-state index contributed by atoms with van der Waals surface area (Å²) in [6, 6.07) is 7.67. The Morgan fingerprint density at radius 2 is 1.73 bits per heavy atom. The Morgan fingerprint density at radius 1 is 1.05 bits per heavy atom. The molecule has 2 aromatic rings. The van der Waals surface area contributed by atoms with Crippen LogP contribution in [-0.4, -0.2) is 15.5 Å². The zero-order valence-electron chi connectivity index (χ0n) is 11.7. The molecular formula is C14H12Cl3NO3S. The lowest BCUT2D eigenvalue weighted by molar-refractivity contribution is 0.414. The van der Waals surface area contributed by atoms with Gasteiger partial charge < -0.3 is 4.74 Å². The molecule has 0 fully saturated rings. The maximum atomic E-state index is 12.5. The summed E-state index contributed by atoms with van der Waals surface area (Å²) in [4.78, 5) is -0.139. The number of methoxy groups -OCH3 is 1. The van der Waals surface area contributed by atoms with Crippen LogP contribution in [-0.2, 0) is 10.0 Å². The van der Waals surface area contributed by atoms with Gasteiger partial charge in [0.15, 0.2) is 0 Å². The Hall–Kier alpha value is -1.14. The Bertz CT molecular complexity index is 822. The van der Waals surface area contributed by atoms with Crippen molar-refractivity contribution in [3.05, 3.63) is 51.0 Å². The summed E-state index contributed by atoms with van der Waals surface area (Å²) in [5.74, 6) is 0.296. The minimum atomic E-state index is -3.91. The molecule has 4 nitrogen and oxygen atoms in total. The lowest BCUT2D eigenvalue weighted by Crippen LogP contribution is -2.14. The summed E-state index contributed by atoms with van der Waals surface area (Å²) >= 11 is 17.9. The Balaban J connectivity index is 2.47. The molecule has 0 amide bonds. The van der Waals surface area contributed by atoms with Crippen LogP contribution >= 0.6 is 34.8 Å². The van der Waals surface area contributed by atoms with Crippen LogP contribution in [0.15, 0.2) is 35.2 Å². The number of ether oxygens (including phenoxy) is 1. The predicted molar refractivity (Wildman–Crippen MR) is 90.0 cm³/mol. The monoisotopic (exact) mass is 379 g/mol. The van der Waals surface area contributed by atoms with Crippen molar-refractivity contribution < 1.29 is 13.2 Å². The van der Waals surface area contributed by atoms with Crippen LogP contribution in [0.3, 0.4) is 0 Å². The predicted octanol–water partition coefficient (Wildman–Crippen LogP) is 4.76. The molecule has 118 valence electrons. The molecule has 0 saturated heterocycles. The third-order valence-electron chi connectivity index (χ3n) is 2.96. The highest BCUT2D eigenvalue weighted by Gasteiger charge is 2.22. The second-order valence-corrected chi connectivity index (χ2v) is 7.30. The van der Waals surface area contributed by atoms with Gasteiger partial charge in [-0.1, -0.05) is 40.9 Å². The molecule has 0 aromatic heterocycles. The topological polar surface area (TPSA) is 55.4 Å². The summed E-state index contributed by atoms with van der Waals surface area (Å²) in [6.45, 7) is 1.76. The fraction of sp³-hybridized carbons (Fsp3) is 0.143. The number of nitrogens with one attached hydrogen (secondary N) is 1. The number of sulfonamides is 1. The third-order valence-corrected chi connectivity index (χ3v) is 5.58. The second kappa shape index (κ2) is 6.54. The molecule has 8 heteroatoms. The van der Waals surface area contributed by atoms with E-state index in [0.717, 1.165) is 5.56 Å². The van der Waals surface area contributed by atoms with E-state index in [1.165, 1.54) is 25.3 Å². The van der Waals surface area contributed by atoms with Crippen molar-refractivity contribution in [2.75, 3.05) is 11.8 Å². The van der Waals surface area contributed by atoms with Gasteiger partial charge >= 0.3 is 0 Å². The Kier molecular flexibility index (Phi) is 5.12. The molecule has 1 N–H and O–H groups in total. The van der Waals surface area contributed by atoms with Gasteiger partial charge in [0, 0.05) is 5.02 Å². The van der Waals surface area contributed by atoms with E-state index in [9.17, 15) is 8.42 Å². The van der Waals surface area contributed by atoms with Crippen molar-refractivity contribution in [2.24, 2.45) is 0 Å². The standard InChI is InChI=1S/C14H12Cl3NO3S/c1-8-3-4-9(15)7-10(8)18-22(19,20)12-6-5-11(21-2)13(16)14(12)17/h3-7,18H,1-2H3. The van der Waals surface area contributed by atoms with Crippen LogP contribution in [0.1, 0.15) is 5.56 Å². The highest BCUT2D eigenvalue weighted by molar-refractivity contribution is 7.92. The SMILES string of the molecule is COc1ccc(S(=O)(=O)Nc2cc(Cl)ccc2C)c(Cl)c1Cl. The highest BCUT2D eigenvalue weighted by Crippen LogP contribution is 2.37. The first-order chi connectivity index (χ1) is 10.3. The average Bonchev–Trinajstić information content (AvgIpc) is 2.45. The van der Waals surface area contributed by atoms with E-state index in [4.69, 9.17) is 39.5 Å². The summed E-state index contributed by atoms with van der Waals surface area (Å²) in [5, 5.41) is 0.352. The summed E-state index contributed by atoms with van der Waals surface area (Å²) < 4.78 is 32.4. The van der Waals surface area contributed by atoms with Gasteiger partial charge in [-0.2, -0.15) is 0 Å². The molecule has 0 atom stereocenters. The number of rotatable bonds is 4. The Labute approximate surface area is 144 Å². The van der Waals surface area contributed by atoms with Gasteiger partial charge in [0.1, 0.15) is 15.7 Å².